The quantitative estimate of drug-likeness (QED) is 0.809. The van der Waals surface area contributed by atoms with Crippen molar-refractivity contribution < 1.29 is 9.53 Å². The molecule has 0 saturated carbocycles. The van der Waals surface area contributed by atoms with Gasteiger partial charge in [0.1, 0.15) is 0 Å². The van der Waals surface area contributed by atoms with Crippen molar-refractivity contribution in [2.24, 2.45) is 5.73 Å². The van der Waals surface area contributed by atoms with Crippen LogP contribution in [0.4, 0.5) is 4.79 Å². The highest BCUT2D eigenvalue weighted by Crippen LogP contribution is 2.04. The van der Waals surface area contributed by atoms with Crippen molar-refractivity contribution in [3.05, 3.63) is 35.9 Å². The topological polar surface area (TPSA) is 55.6 Å². The number of carbonyl (C=O) groups excluding carboxylic acids is 1. The predicted octanol–water partition coefficient (Wildman–Crippen LogP) is 1.21. The van der Waals surface area contributed by atoms with Crippen molar-refractivity contribution in [1.29, 1.82) is 0 Å². The van der Waals surface area contributed by atoms with Gasteiger partial charge in [0.15, 0.2) is 0 Å². The first-order chi connectivity index (χ1) is 7.27. The van der Waals surface area contributed by atoms with Gasteiger partial charge in [0, 0.05) is 19.6 Å². The molecule has 0 aliphatic rings. The molecule has 0 spiro atoms. The van der Waals surface area contributed by atoms with Gasteiger partial charge in [-0.05, 0) is 5.56 Å². The molecule has 4 heteroatoms. The molecule has 0 aliphatic heterocycles. The van der Waals surface area contributed by atoms with Crippen molar-refractivity contribution in [3.63, 3.8) is 0 Å². The molecule has 0 heterocycles. The van der Waals surface area contributed by atoms with E-state index in [9.17, 15) is 4.79 Å². The van der Waals surface area contributed by atoms with Crippen LogP contribution in [0, 0.1) is 0 Å². The van der Waals surface area contributed by atoms with Crippen LogP contribution < -0.4 is 5.73 Å². The van der Waals surface area contributed by atoms with Crippen LogP contribution in [0.5, 0.6) is 0 Å². The van der Waals surface area contributed by atoms with Crippen LogP contribution in [0.15, 0.2) is 30.3 Å². The average Bonchev–Trinajstić information content (AvgIpc) is 2.29. The third-order valence-corrected chi connectivity index (χ3v) is 2.05. The van der Waals surface area contributed by atoms with Crippen molar-refractivity contribution in [1.82, 2.24) is 4.90 Å². The zero-order valence-corrected chi connectivity index (χ0v) is 8.85. The van der Waals surface area contributed by atoms with E-state index >= 15 is 0 Å². The zero-order valence-electron chi connectivity index (χ0n) is 8.85. The molecule has 1 amide bonds. The van der Waals surface area contributed by atoms with E-state index in [0.717, 1.165) is 5.56 Å². The molecule has 0 unspecified atom stereocenters. The lowest BCUT2D eigenvalue weighted by atomic mass is 10.2. The number of nitrogens with zero attached hydrogens (tertiary/aromatic N) is 1. The maximum atomic E-state index is 11.4. The van der Waals surface area contributed by atoms with E-state index in [4.69, 9.17) is 5.73 Å². The van der Waals surface area contributed by atoms with Crippen LogP contribution in [0.3, 0.4) is 0 Å². The van der Waals surface area contributed by atoms with Gasteiger partial charge in [-0.15, -0.1) is 0 Å². The lowest BCUT2D eigenvalue weighted by Crippen LogP contribution is -2.34. The number of carbonyl (C=O) groups is 1. The van der Waals surface area contributed by atoms with E-state index in [0.29, 0.717) is 19.6 Å². The zero-order chi connectivity index (χ0) is 11.1. The Morgan fingerprint density at radius 3 is 2.60 bits per heavy atom. The third-order valence-electron chi connectivity index (χ3n) is 2.05. The summed E-state index contributed by atoms with van der Waals surface area (Å²) < 4.78 is 4.67. The molecule has 2 N–H and O–H groups in total. The number of hydrogen-bond acceptors (Lipinski definition) is 3. The largest absolute Gasteiger partial charge is 0.453 e. The van der Waals surface area contributed by atoms with Crippen LogP contribution >= 0.6 is 0 Å². The van der Waals surface area contributed by atoms with Gasteiger partial charge in [-0.2, -0.15) is 0 Å². The fraction of sp³-hybridized carbons (Fsp3) is 0.364. The molecule has 0 fully saturated rings. The van der Waals surface area contributed by atoms with E-state index in [-0.39, 0.29) is 6.09 Å². The first-order valence-corrected chi connectivity index (χ1v) is 4.85. The third kappa shape index (κ3) is 3.59. The fourth-order valence-electron chi connectivity index (χ4n) is 1.32. The summed E-state index contributed by atoms with van der Waals surface area (Å²) in [7, 11) is 1.37. The lowest BCUT2D eigenvalue weighted by Gasteiger charge is -2.20. The summed E-state index contributed by atoms with van der Waals surface area (Å²) >= 11 is 0. The van der Waals surface area contributed by atoms with Gasteiger partial charge < -0.3 is 15.4 Å². The van der Waals surface area contributed by atoms with E-state index in [1.54, 1.807) is 4.90 Å². The fourth-order valence-corrected chi connectivity index (χ4v) is 1.32. The van der Waals surface area contributed by atoms with Crippen LogP contribution in [-0.2, 0) is 11.3 Å². The van der Waals surface area contributed by atoms with Gasteiger partial charge in [-0.1, -0.05) is 30.3 Å². The molecule has 0 bridgehead atoms. The van der Waals surface area contributed by atoms with Crippen LogP contribution in [0.25, 0.3) is 0 Å². The average molecular weight is 208 g/mol. The minimum absolute atomic E-state index is 0.343. The van der Waals surface area contributed by atoms with E-state index in [1.807, 2.05) is 30.3 Å². The molecule has 0 aromatic heterocycles. The Morgan fingerprint density at radius 2 is 2.07 bits per heavy atom. The molecule has 0 atom stereocenters. The summed E-state index contributed by atoms with van der Waals surface area (Å²) in [4.78, 5) is 12.9. The Kier molecular flexibility index (Phi) is 4.63. The molecule has 0 saturated heterocycles. The van der Waals surface area contributed by atoms with E-state index < -0.39 is 0 Å². The smallest absolute Gasteiger partial charge is 0.409 e. The molecule has 4 nitrogen and oxygen atoms in total. The molecular formula is C11H16N2O2. The number of benzene rings is 1. The second-order valence-corrected chi connectivity index (χ2v) is 3.17. The number of methoxy groups -OCH3 is 1. The summed E-state index contributed by atoms with van der Waals surface area (Å²) in [6.45, 7) is 1.47. The summed E-state index contributed by atoms with van der Waals surface area (Å²) in [6.07, 6.45) is -0.343. The van der Waals surface area contributed by atoms with Gasteiger partial charge in [-0.25, -0.2) is 4.79 Å². The molecule has 1 aromatic carbocycles. The van der Waals surface area contributed by atoms with Crippen LogP contribution in [0.2, 0.25) is 0 Å². The molecule has 0 aliphatic carbocycles. The SMILES string of the molecule is COC(=O)N(CCN)Cc1ccccc1. The molecule has 0 radical (unpaired) electrons. The Hall–Kier alpha value is -1.55. The number of hydrogen-bond donors (Lipinski definition) is 1. The number of rotatable bonds is 4. The first-order valence-electron chi connectivity index (χ1n) is 4.85. The molecule has 1 rings (SSSR count). The molecule has 82 valence electrons. The van der Waals surface area contributed by atoms with Crippen molar-refractivity contribution in [2.45, 2.75) is 6.54 Å². The molecule has 1 aromatic rings. The minimum atomic E-state index is -0.343. The van der Waals surface area contributed by atoms with E-state index in [2.05, 4.69) is 4.74 Å². The number of amides is 1. The van der Waals surface area contributed by atoms with Crippen molar-refractivity contribution >= 4 is 6.09 Å². The van der Waals surface area contributed by atoms with Crippen molar-refractivity contribution in [2.75, 3.05) is 20.2 Å². The number of nitrogens with two attached hydrogens (primary N) is 1. The Balaban J connectivity index is 2.62. The van der Waals surface area contributed by atoms with Crippen LogP contribution in [0.1, 0.15) is 5.56 Å². The monoisotopic (exact) mass is 208 g/mol. The summed E-state index contributed by atoms with van der Waals surface area (Å²) in [6, 6.07) is 9.74. The summed E-state index contributed by atoms with van der Waals surface area (Å²) in [5.74, 6) is 0. The standard InChI is InChI=1S/C11H16N2O2/c1-15-11(14)13(8-7-12)9-10-5-3-2-4-6-10/h2-6H,7-9,12H2,1H3. The Morgan fingerprint density at radius 1 is 1.40 bits per heavy atom. The highest BCUT2D eigenvalue weighted by molar-refractivity contribution is 5.67. The maximum absolute atomic E-state index is 11.4. The number of ether oxygens (including phenoxy) is 1. The predicted molar refractivity (Wildman–Crippen MR) is 58.3 cm³/mol. The van der Waals surface area contributed by atoms with Gasteiger partial charge in [0.2, 0.25) is 0 Å². The lowest BCUT2D eigenvalue weighted by molar-refractivity contribution is 0.122. The van der Waals surface area contributed by atoms with Crippen molar-refractivity contribution in [3.8, 4) is 0 Å². The Bertz CT molecular complexity index is 301. The second kappa shape index (κ2) is 6.03. The summed E-state index contributed by atoms with van der Waals surface area (Å²) in [5, 5.41) is 0. The van der Waals surface area contributed by atoms with Gasteiger partial charge in [-0.3, -0.25) is 0 Å². The van der Waals surface area contributed by atoms with E-state index in [1.165, 1.54) is 7.11 Å². The van der Waals surface area contributed by atoms with Crippen LogP contribution in [-0.4, -0.2) is 31.2 Å². The second-order valence-electron chi connectivity index (χ2n) is 3.17. The van der Waals surface area contributed by atoms with Gasteiger partial charge in [0.25, 0.3) is 0 Å². The highest BCUT2D eigenvalue weighted by Gasteiger charge is 2.12. The highest BCUT2D eigenvalue weighted by atomic mass is 16.5. The normalized spacial score (nSPS) is 9.73. The Labute approximate surface area is 89.6 Å². The minimum Gasteiger partial charge on any atom is -0.453 e. The molecule has 15 heavy (non-hydrogen) atoms. The van der Waals surface area contributed by atoms with Gasteiger partial charge in [0.05, 0.1) is 7.11 Å². The first kappa shape index (κ1) is 11.5. The maximum Gasteiger partial charge on any atom is 0.409 e. The summed E-state index contributed by atoms with van der Waals surface area (Å²) in [5.41, 5.74) is 6.49. The van der Waals surface area contributed by atoms with Gasteiger partial charge >= 0.3 is 6.09 Å². The molecular weight excluding hydrogens is 192 g/mol.